The molecule has 2 unspecified atom stereocenters. The van der Waals surface area contributed by atoms with Gasteiger partial charge in [0.25, 0.3) is 0 Å². The molecule has 0 bridgehead atoms. The minimum Gasteiger partial charge on any atom is -0.382 e. The molecule has 0 aromatic heterocycles. The van der Waals surface area contributed by atoms with Gasteiger partial charge in [-0.15, -0.1) is 0 Å². The number of hydrogen-bond acceptors (Lipinski definition) is 2. The Balaban J connectivity index is 2.43. The highest BCUT2D eigenvalue weighted by atomic mass is 19.1. The van der Waals surface area contributed by atoms with Crippen LogP contribution in [0.2, 0.25) is 0 Å². The zero-order valence-electron chi connectivity index (χ0n) is 7.55. The van der Waals surface area contributed by atoms with Crippen LogP contribution < -0.4 is 11.1 Å². The molecule has 2 rings (SSSR count). The number of nitrogens with one attached hydrogen (secondary N) is 1. The Bertz CT molecular complexity index is 323. The van der Waals surface area contributed by atoms with Gasteiger partial charge in [-0.25, -0.2) is 4.39 Å². The summed E-state index contributed by atoms with van der Waals surface area (Å²) in [5, 5.41) is 3.04. The molecule has 1 heterocycles. The van der Waals surface area contributed by atoms with Gasteiger partial charge < -0.3 is 11.1 Å². The van der Waals surface area contributed by atoms with E-state index in [1.54, 1.807) is 6.07 Å². The summed E-state index contributed by atoms with van der Waals surface area (Å²) in [5.41, 5.74) is 7.44. The maximum absolute atomic E-state index is 13.2. The van der Waals surface area contributed by atoms with E-state index in [2.05, 4.69) is 5.32 Å². The van der Waals surface area contributed by atoms with E-state index in [0.29, 0.717) is 5.69 Å². The summed E-state index contributed by atoms with van der Waals surface area (Å²) in [6, 6.07) is 5.20. The average molecular weight is 180 g/mol. The Morgan fingerprint density at radius 1 is 1.62 bits per heavy atom. The van der Waals surface area contributed by atoms with Crippen molar-refractivity contribution in [2.24, 2.45) is 5.73 Å². The fourth-order valence-electron chi connectivity index (χ4n) is 1.83. The molecule has 13 heavy (non-hydrogen) atoms. The molecule has 0 saturated carbocycles. The SMILES string of the molecule is CC(N)C1CNc2c(F)cccc21. The van der Waals surface area contributed by atoms with Gasteiger partial charge in [-0.2, -0.15) is 0 Å². The number of fused-ring (bicyclic) bond motifs is 1. The van der Waals surface area contributed by atoms with Crippen LogP contribution in [0.25, 0.3) is 0 Å². The third kappa shape index (κ3) is 1.29. The molecular weight excluding hydrogens is 167 g/mol. The van der Waals surface area contributed by atoms with Crippen LogP contribution in [0.1, 0.15) is 18.4 Å². The van der Waals surface area contributed by atoms with Crippen LogP contribution >= 0.6 is 0 Å². The van der Waals surface area contributed by atoms with E-state index in [0.717, 1.165) is 12.1 Å². The van der Waals surface area contributed by atoms with Gasteiger partial charge in [0.15, 0.2) is 0 Å². The van der Waals surface area contributed by atoms with E-state index in [1.807, 2.05) is 13.0 Å². The molecule has 1 aliphatic heterocycles. The topological polar surface area (TPSA) is 38.0 Å². The predicted octanol–water partition coefficient (Wildman–Crippen LogP) is 1.68. The van der Waals surface area contributed by atoms with Crippen LogP contribution in [0.4, 0.5) is 10.1 Å². The van der Waals surface area contributed by atoms with E-state index in [9.17, 15) is 4.39 Å². The molecule has 0 amide bonds. The Hall–Kier alpha value is -1.09. The summed E-state index contributed by atoms with van der Waals surface area (Å²) in [6.07, 6.45) is 0. The van der Waals surface area contributed by atoms with Crippen LogP contribution in [0, 0.1) is 5.82 Å². The summed E-state index contributed by atoms with van der Waals surface area (Å²) in [4.78, 5) is 0. The van der Waals surface area contributed by atoms with Crippen molar-refractivity contribution in [3.63, 3.8) is 0 Å². The highest BCUT2D eigenvalue weighted by molar-refractivity contribution is 5.59. The summed E-state index contributed by atoms with van der Waals surface area (Å²) in [5.74, 6) is 0.0614. The smallest absolute Gasteiger partial charge is 0.146 e. The zero-order valence-corrected chi connectivity index (χ0v) is 7.55. The third-order valence-electron chi connectivity index (χ3n) is 2.58. The zero-order chi connectivity index (χ0) is 9.42. The molecule has 1 aliphatic rings. The van der Waals surface area contributed by atoms with E-state index >= 15 is 0 Å². The normalized spacial score (nSPS) is 22.2. The van der Waals surface area contributed by atoms with Gasteiger partial charge in [-0.3, -0.25) is 0 Å². The number of para-hydroxylation sites is 1. The molecule has 2 atom stereocenters. The second-order valence-corrected chi connectivity index (χ2v) is 3.55. The van der Waals surface area contributed by atoms with Gasteiger partial charge in [-0.05, 0) is 18.6 Å². The summed E-state index contributed by atoms with van der Waals surface area (Å²) < 4.78 is 13.2. The van der Waals surface area contributed by atoms with Gasteiger partial charge in [0.2, 0.25) is 0 Å². The first-order chi connectivity index (χ1) is 6.20. The summed E-state index contributed by atoms with van der Waals surface area (Å²) in [7, 11) is 0. The fourth-order valence-corrected chi connectivity index (χ4v) is 1.83. The molecule has 0 radical (unpaired) electrons. The molecule has 70 valence electrons. The molecule has 2 nitrogen and oxygen atoms in total. The first-order valence-corrected chi connectivity index (χ1v) is 4.48. The van der Waals surface area contributed by atoms with Crippen molar-refractivity contribution >= 4 is 5.69 Å². The Labute approximate surface area is 76.9 Å². The van der Waals surface area contributed by atoms with Crippen molar-refractivity contribution < 1.29 is 4.39 Å². The second-order valence-electron chi connectivity index (χ2n) is 3.55. The first-order valence-electron chi connectivity index (χ1n) is 4.48. The Morgan fingerprint density at radius 3 is 3.08 bits per heavy atom. The van der Waals surface area contributed by atoms with Crippen LogP contribution in [0.5, 0.6) is 0 Å². The van der Waals surface area contributed by atoms with Crippen LogP contribution in [-0.2, 0) is 0 Å². The van der Waals surface area contributed by atoms with Crippen molar-refractivity contribution in [2.45, 2.75) is 18.9 Å². The molecule has 0 fully saturated rings. The maximum Gasteiger partial charge on any atom is 0.146 e. The molecule has 0 spiro atoms. The van der Waals surface area contributed by atoms with Gasteiger partial charge in [-0.1, -0.05) is 12.1 Å². The van der Waals surface area contributed by atoms with Crippen molar-refractivity contribution in [2.75, 3.05) is 11.9 Å². The monoisotopic (exact) mass is 180 g/mol. The van der Waals surface area contributed by atoms with Crippen molar-refractivity contribution in [3.05, 3.63) is 29.6 Å². The summed E-state index contributed by atoms with van der Waals surface area (Å²) >= 11 is 0. The minimum absolute atomic E-state index is 0.0653. The van der Waals surface area contributed by atoms with Gasteiger partial charge in [0.1, 0.15) is 5.82 Å². The lowest BCUT2D eigenvalue weighted by atomic mass is 9.95. The average Bonchev–Trinajstić information content (AvgIpc) is 2.48. The van der Waals surface area contributed by atoms with E-state index in [1.165, 1.54) is 6.07 Å². The lowest BCUT2D eigenvalue weighted by Gasteiger charge is -2.13. The van der Waals surface area contributed by atoms with Crippen molar-refractivity contribution in [1.29, 1.82) is 0 Å². The van der Waals surface area contributed by atoms with Gasteiger partial charge in [0.05, 0.1) is 5.69 Å². The number of hydrogen-bond donors (Lipinski definition) is 2. The molecule has 1 aromatic rings. The number of benzene rings is 1. The van der Waals surface area contributed by atoms with E-state index in [-0.39, 0.29) is 17.8 Å². The lowest BCUT2D eigenvalue weighted by Crippen LogP contribution is -2.25. The van der Waals surface area contributed by atoms with E-state index in [4.69, 9.17) is 5.73 Å². The highest BCUT2D eigenvalue weighted by Gasteiger charge is 2.26. The predicted molar refractivity (Wildman–Crippen MR) is 51.3 cm³/mol. The second kappa shape index (κ2) is 3.00. The van der Waals surface area contributed by atoms with Crippen molar-refractivity contribution in [3.8, 4) is 0 Å². The van der Waals surface area contributed by atoms with Crippen LogP contribution in [0.3, 0.4) is 0 Å². The van der Waals surface area contributed by atoms with Gasteiger partial charge >= 0.3 is 0 Å². The number of rotatable bonds is 1. The van der Waals surface area contributed by atoms with Crippen LogP contribution in [0.15, 0.2) is 18.2 Å². The molecule has 0 aliphatic carbocycles. The van der Waals surface area contributed by atoms with Gasteiger partial charge in [0, 0.05) is 18.5 Å². The standard InChI is InChI=1S/C10H13FN2/c1-6(12)8-5-13-10-7(8)3-2-4-9(10)11/h2-4,6,8,13H,5,12H2,1H3. The number of anilines is 1. The minimum atomic E-state index is -0.180. The molecule has 3 N–H and O–H groups in total. The van der Waals surface area contributed by atoms with Crippen molar-refractivity contribution in [1.82, 2.24) is 0 Å². The Morgan fingerprint density at radius 2 is 2.38 bits per heavy atom. The Kier molecular flexibility index (Phi) is 1.96. The molecular formula is C10H13FN2. The third-order valence-corrected chi connectivity index (χ3v) is 2.58. The largest absolute Gasteiger partial charge is 0.382 e. The molecule has 3 heteroatoms. The maximum atomic E-state index is 13.2. The molecule has 0 saturated heterocycles. The highest BCUT2D eigenvalue weighted by Crippen LogP contribution is 2.34. The number of nitrogens with two attached hydrogens (primary N) is 1. The quantitative estimate of drug-likeness (QED) is 0.690. The summed E-state index contributed by atoms with van der Waals surface area (Å²) in [6.45, 7) is 2.69. The van der Waals surface area contributed by atoms with E-state index < -0.39 is 0 Å². The van der Waals surface area contributed by atoms with Crippen LogP contribution in [-0.4, -0.2) is 12.6 Å². The lowest BCUT2D eigenvalue weighted by molar-refractivity contribution is 0.608. The first kappa shape index (κ1) is 8.51. The fraction of sp³-hybridized carbons (Fsp3) is 0.400. The molecule has 1 aromatic carbocycles. The number of halogens is 1.